The predicted octanol–water partition coefficient (Wildman–Crippen LogP) is 2.80. The zero-order valence-electron chi connectivity index (χ0n) is 15.4. The van der Waals surface area contributed by atoms with Crippen LogP contribution < -0.4 is 0 Å². The van der Waals surface area contributed by atoms with Crippen molar-refractivity contribution in [3.05, 3.63) is 59.7 Å². The Morgan fingerprint density at radius 2 is 1.92 bits per heavy atom. The summed E-state index contributed by atoms with van der Waals surface area (Å²) in [5.41, 5.74) is 3.06. The van der Waals surface area contributed by atoms with Crippen molar-refractivity contribution in [3.63, 3.8) is 0 Å². The van der Waals surface area contributed by atoms with Gasteiger partial charge in [0.15, 0.2) is 0 Å². The average Bonchev–Trinajstić information content (AvgIpc) is 2.92. The van der Waals surface area contributed by atoms with Gasteiger partial charge in [-0.15, -0.1) is 0 Å². The molecule has 0 aliphatic carbocycles. The maximum Gasteiger partial charge on any atom is 0.230 e. The van der Waals surface area contributed by atoms with Gasteiger partial charge in [0.1, 0.15) is 0 Å². The number of aromatic nitrogens is 2. The fourth-order valence-corrected chi connectivity index (χ4v) is 4.41. The second-order valence-electron chi connectivity index (χ2n) is 7.70. The second kappa shape index (κ2) is 7.16. The highest BCUT2D eigenvalue weighted by Crippen LogP contribution is 2.40. The van der Waals surface area contributed by atoms with E-state index in [4.69, 9.17) is 0 Å². The molecule has 2 aliphatic rings. The lowest BCUT2D eigenvalue weighted by Crippen LogP contribution is -2.47. The largest absolute Gasteiger partial charge is 0.336 e. The first-order valence-corrected chi connectivity index (χ1v) is 9.48. The third-order valence-electron chi connectivity index (χ3n) is 5.71. The standard InChI is InChI=1S/C21H26N4O/c1-17-4-2-5-19(23-17)15-25-13-9-21(20(25)26)8-3-12-24(16-21)14-18-6-10-22-11-7-18/h2,4-7,10-11H,3,8-9,12-16H2,1H3. The highest BCUT2D eigenvalue weighted by Gasteiger charge is 2.48. The molecular weight excluding hydrogens is 324 g/mol. The van der Waals surface area contributed by atoms with Crippen LogP contribution in [0, 0.1) is 12.3 Å². The molecule has 1 atom stereocenters. The number of likely N-dealkylation sites (tertiary alicyclic amines) is 2. The number of hydrogen-bond acceptors (Lipinski definition) is 4. The van der Waals surface area contributed by atoms with Crippen molar-refractivity contribution in [1.82, 2.24) is 19.8 Å². The lowest BCUT2D eigenvalue weighted by atomic mass is 9.78. The summed E-state index contributed by atoms with van der Waals surface area (Å²) in [4.78, 5) is 26.3. The third kappa shape index (κ3) is 3.49. The summed E-state index contributed by atoms with van der Waals surface area (Å²) in [5.74, 6) is 0.320. The monoisotopic (exact) mass is 350 g/mol. The van der Waals surface area contributed by atoms with Gasteiger partial charge in [0.05, 0.1) is 17.7 Å². The summed E-state index contributed by atoms with van der Waals surface area (Å²) in [6.07, 6.45) is 6.74. The van der Waals surface area contributed by atoms with Gasteiger partial charge in [-0.1, -0.05) is 6.07 Å². The first kappa shape index (κ1) is 17.2. The summed E-state index contributed by atoms with van der Waals surface area (Å²) >= 11 is 0. The molecule has 4 heterocycles. The van der Waals surface area contributed by atoms with Crippen molar-refractivity contribution in [1.29, 1.82) is 0 Å². The molecule has 1 spiro atoms. The zero-order valence-corrected chi connectivity index (χ0v) is 15.4. The number of rotatable bonds is 4. The smallest absolute Gasteiger partial charge is 0.230 e. The zero-order chi connectivity index (χ0) is 18.0. The van der Waals surface area contributed by atoms with Crippen LogP contribution in [0.1, 0.15) is 36.2 Å². The van der Waals surface area contributed by atoms with Crippen molar-refractivity contribution in [2.45, 2.75) is 39.3 Å². The SMILES string of the molecule is Cc1cccc(CN2CCC3(CCCN(Cc4ccncc4)C3)C2=O)n1. The molecule has 2 aromatic rings. The summed E-state index contributed by atoms with van der Waals surface area (Å²) < 4.78 is 0. The minimum absolute atomic E-state index is 0.199. The number of carbonyl (C=O) groups excluding carboxylic acids is 1. The normalized spacial score (nSPS) is 23.7. The van der Waals surface area contributed by atoms with Gasteiger partial charge in [-0.05, 0) is 62.6 Å². The van der Waals surface area contributed by atoms with Crippen LogP contribution in [0.25, 0.3) is 0 Å². The lowest BCUT2D eigenvalue weighted by molar-refractivity contribution is -0.139. The van der Waals surface area contributed by atoms with Crippen molar-refractivity contribution < 1.29 is 4.79 Å². The van der Waals surface area contributed by atoms with Gasteiger partial charge in [-0.2, -0.15) is 0 Å². The number of aryl methyl sites for hydroxylation is 1. The summed E-state index contributed by atoms with van der Waals surface area (Å²) in [6.45, 7) is 6.30. The Hall–Kier alpha value is -2.27. The van der Waals surface area contributed by atoms with E-state index >= 15 is 0 Å². The van der Waals surface area contributed by atoms with Crippen LogP contribution in [0.2, 0.25) is 0 Å². The molecule has 1 unspecified atom stereocenters. The molecule has 2 aromatic heterocycles. The molecular formula is C21H26N4O. The highest BCUT2D eigenvalue weighted by atomic mass is 16.2. The number of pyridine rings is 2. The molecule has 2 fully saturated rings. The molecule has 5 nitrogen and oxygen atoms in total. The van der Waals surface area contributed by atoms with Gasteiger partial charge >= 0.3 is 0 Å². The first-order chi connectivity index (χ1) is 12.6. The van der Waals surface area contributed by atoms with E-state index in [-0.39, 0.29) is 5.41 Å². The van der Waals surface area contributed by atoms with E-state index in [1.165, 1.54) is 5.56 Å². The van der Waals surface area contributed by atoms with Crippen molar-refractivity contribution >= 4 is 5.91 Å². The molecule has 4 rings (SSSR count). The molecule has 2 aliphatic heterocycles. The second-order valence-corrected chi connectivity index (χ2v) is 7.70. The lowest BCUT2D eigenvalue weighted by Gasteiger charge is -2.39. The molecule has 0 saturated carbocycles. The van der Waals surface area contributed by atoms with Crippen LogP contribution in [0.4, 0.5) is 0 Å². The number of hydrogen-bond donors (Lipinski definition) is 0. The molecule has 0 radical (unpaired) electrons. The summed E-state index contributed by atoms with van der Waals surface area (Å²) in [5, 5.41) is 0. The van der Waals surface area contributed by atoms with Crippen molar-refractivity contribution in [2.75, 3.05) is 19.6 Å². The Kier molecular flexibility index (Phi) is 4.72. The molecule has 0 bridgehead atoms. The minimum atomic E-state index is -0.199. The Morgan fingerprint density at radius 1 is 1.08 bits per heavy atom. The van der Waals surface area contributed by atoms with E-state index in [2.05, 4.69) is 27.0 Å². The third-order valence-corrected chi connectivity index (χ3v) is 5.71. The van der Waals surface area contributed by atoms with E-state index in [9.17, 15) is 4.79 Å². The minimum Gasteiger partial charge on any atom is -0.336 e. The van der Waals surface area contributed by atoms with Gasteiger partial charge < -0.3 is 4.90 Å². The summed E-state index contributed by atoms with van der Waals surface area (Å²) in [6, 6.07) is 10.2. The molecule has 136 valence electrons. The summed E-state index contributed by atoms with van der Waals surface area (Å²) in [7, 11) is 0. The van der Waals surface area contributed by atoms with E-state index in [0.717, 1.165) is 56.8 Å². The van der Waals surface area contributed by atoms with Crippen LogP contribution >= 0.6 is 0 Å². The van der Waals surface area contributed by atoms with Gasteiger partial charge in [0.25, 0.3) is 0 Å². The average molecular weight is 350 g/mol. The topological polar surface area (TPSA) is 49.3 Å². The first-order valence-electron chi connectivity index (χ1n) is 9.48. The molecule has 0 aromatic carbocycles. The van der Waals surface area contributed by atoms with Crippen LogP contribution in [0.5, 0.6) is 0 Å². The Bertz CT molecular complexity index is 779. The molecule has 5 heteroatoms. The van der Waals surface area contributed by atoms with Crippen LogP contribution in [0.3, 0.4) is 0 Å². The Morgan fingerprint density at radius 3 is 2.73 bits per heavy atom. The van der Waals surface area contributed by atoms with Gasteiger partial charge in [0, 0.05) is 37.7 Å². The van der Waals surface area contributed by atoms with E-state index in [1.54, 1.807) is 0 Å². The molecule has 1 amide bonds. The number of nitrogens with zero attached hydrogens (tertiary/aromatic N) is 4. The van der Waals surface area contributed by atoms with E-state index in [0.29, 0.717) is 12.5 Å². The highest BCUT2D eigenvalue weighted by molar-refractivity contribution is 5.85. The number of carbonyl (C=O) groups is 1. The van der Waals surface area contributed by atoms with Crippen LogP contribution in [-0.4, -0.2) is 45.3 Å². The van der Waals surface area contributed by atoms with Crippen LogP contribution in [0.15, 0.2) is 42.7 Å². The van der Waals surface area contributed by atoms with Gasteiger partial charge in [-0.25, -0.2) is 0 Å². The fourth-order valence-electron chi connectivity index (χ4n) is 4.41. The number of amides is 1. The van der Waals surface area contributed by atoms with Gasteiger partial charge in [-0.3, -0.25) is 19.7 Å². The molecule has 0 N–H and O–H groups in total. The Labute approximate surface area is 155 Å². The molecule has 26 heavy (non-hydrogen) atoms. The maximum atomic E-state index is 13.2. The quantitative estimate of drug-likeness (QED) is 0.851. The predicted molar refractivity (Wildman–Crippen MR) is 100 cm³/mol. The maximum absolute atomic E-state index is 13.2. The molecule has 2 saturated heterocycles. The van der Waals surface area contributed by atoms with Crippen molar-refractivity contribution in [2.24, 2.45) is 5.41 Å². The van der Waals surface area contributed by atoms with Crippen molar-refractivity contribution in [3.8, 4) is 0 Å². The number of piperidine rings is 1. The van der Waals surface area contributed by atoms with E-state index in [1.807, 2.05) is 42.4 Å². The Balaban J connectivity index is 1.44. The fraction of sp³-hybridized carbons (Fsp3) is 0.476. The van der Waals surface area contributed by atoms with Gasteiger partial charge in [0.2, 0.25) is 5.91 Å². The van der Waals surface area contributed by atoms with E-state index < -0.39 is 0 Å². The van der Waals surface area contributed by atoms with Crippen LogP contribution in [-0.2, 0) is 17.9 Å².